The number of imidazole rings is 1. The average molecular weight is 467 g/mol. The summed E-state index contributed by atoms with van der Waals surface area (Å²) in [6.07, 6.45) is 2.94. The summed E-state index contributed by atoms with van der Waals surface area (Å²) in [6, 6.07) is 17.5. The van der Waals surface area contributed by atoms with Crippen molar-refractivity contribution >= 4 is 21.2 Å². The molecule has 1 aliphatic heterocycles. The quantitative estimate of drug-likeness (QED) is 0.439. The number of fused-ring (bicyclic) bond motifs is 1. The van der Waals surface area contributed by atoms with Gasteiger partial charge < -0.3 is 9.30 Å². The van der Waals surface area contributed by atoms with Gasteiger partial charge in [-0.25, -0.2) is 22.8 Å². The minimum atomic E-state index is -3.81. The van der Waals surface area contributed by atoms with Gasteiger partial charge in [0.05, 0.1) is 12.0 Å². The van der Waals surface area contributed by atoms with Crippen LogP contribution in [0.3, 0.4) is 0 Å². The van der Waals surface area contributed by atoms with Gasteiger partial charge in [0.15, 0.2) is 17.2 Å². The molecule has 0 bridgehead atoms. The third-order valence-corrected chi connectivity index (χ3v) is 7.93. The number of piperidine rings is 1. The van der Waals surface area contributed by atoms with Gasteiger partial charge >= 0.3 is 0 Å². The molecule has 3 heterocycles. The number of halogens is 1. The number of methoxy groups -OCH3 is 1. The van der Waals surface area contributed by atoms with Crippen LogP contribution in [0.5, 0.6) is 5.75 Å². The molecule has 7 nitrogen and oxygen atoms in total. The van der Waals surface area contributed by atoms with E-state index >= 15 is 0 Å². The Morgan fingerprint density at radius 1 is 1.03 bits per heavy atom. The molecule has 5 rings (SSSR count). The number of ether oxygens (including phenoxy) is 1. The van der Waals surface area contributed by atoms with E-state index in [0.29, 0.717) is 25.9 Å². The molecule has 0 radical (unpaired) electrons. The number of hydrogen-bond donors (Lipinski definition) is 0. The molecule has 1 aliphatic rings. The summed E-state index contributed by atoms with van der Waals surface area (Å²) < 4.78 is 48.8. The standard InChI is InChI=1S/C24H23FN4O3S/c1-32-22-10-9-19(16-20(22)25)33(30,31)28-14-11-18(12-15-28)29-23(17-6-3-2-4-7-17)27-21-8-5-13-26-24(21)29/h2-10,13,16,18H,11-12,14-15H2,1H3. The molecule has 0 saturated carbocycles. The summed E-state index contributed by atoms with van der Waals surface area (Å²) in [6.45, 7) is 0.642. The number of nitrogens with zero attached hydrogens (tertiary/aromatic N) is 4. The van der Waals surface area contributed by atoms with Gasteiger partial charge in [0.1, 0.15) is 11.3 Å². The van der Waals surface area contributed by atoms with Crippen LogP contribution in [-0.4, -0.2) is 47.5 Å². The number of sulfonamides is 1. The normalized spacial score (nSPS) is 15.7. The van der Waals surface area contributed by atoms with Crippen molar-refractivity contribution in [2.24, 2.45) is 0 Å². The zero-order valence-corrected chi connectivity index (χ0v) is 18.9. The number of hydrogen-bond acceptors (Lipinski definition) is 5. The van der Waals surface area contributed by atoms with Gasteiger partial charge in [-0.1, -0.05) is 30.3 Å². The van der Waals surface area contributed by atoms with Gasteiger partial charge in [-0.3, -0.25) is 0 Å². The van der Waals surface area contributed by atoms with Crippen molar-refractivity contribution < 1.29 is 17.5 Å². The highest BCUT2D eigenvalue weighted by molar-refractivity contribution is 7.89. The Bertz CT molecular complexity index is 1400. The van der Waals surface area contributed by atoms with E-state index in [2.05, 4.69) is 9.55 Å². The van der Waals surface area contributed by atoms with Crippen LogP contribution in [0.25, 0.3) is 22.6 Å². The molecule has 9 heteroatoms. The van der Waals surface area contributed by atoms with E-state index in [4.69, 9.17) is 9.72 Å². The van der Waals surface area contributed by atoms with Crippen molar-refractivity contribution in [3.63, 3.8) is 0 Å². The Labute approximate surface area is 191 Å². The fourth-order valence-corrected chi connectivity index (χ4v) is 5.85. The van der Waals surface area contributed by atoms with Crippen molar-refractivity contribution in [2.45, 2.75) is 23.8 Å². The molecule has 2 aromatic carbocycles. The molecular weight excluding hydrogens is 443 g/mol. The van der Waals surface area contributed by atoms with Crippen LogP contribution in [0.4, 0.5) is 4.39 Å². The SMILES string of the molecule is COc1ccc(S(=O)(=O)N2CCC(n3c(-c4ccccc4)nc4cccnc43)CC2)cc1F. The molecule has 1 saturated heterocycles. The third-order valence-electron chi connectivity index (χ3n) is 6.03. The van der Waals surface area contributed by atoms with Crippen LogP contribution in [0.2, 0.25) is 0 Å². The first-order valence-electron chi connectivity index (χ1n) is 10.7. The van der Waals surface area contributed by atoms with Crippen LogP contribution < -0.4 is 4.74 Å². The maximum absolute atomic E-state index is 14.1. The fourth-order valence-electron chi connectivity index (χ4n) is 4.36. The molecule has 33 heavy (non-hydrogen) atoms. The topological polar surface area (TPSA) is 77.3 Å². The minimum absolute atomic E-state index is 0.0144. The van der Waals surface area contributed by atoms with Gasteiger partial charge in [0.2, 0.25) is 10.0 Å². The summed E-state index contributed by atoms with van der Waals surface area (Å²) in [5, 5.41) is 0. The first kappa shape index (κ1) is 21.5. The second kappa shape index (κ2) is 8.57. The average Bonchev–Trinajstić information content (AvgIpc) is 3.24. The van der Waals surface area contributed by atoms with Crippen molar-refractivity contribution in [1.29, 1.82) is 0 Å². The first-order chi connectivity index (χ1) is 16.0. The van der Waals surface area contributed by atoms with Crippen LogP contribution in [0.15, 0.2) is 71.8 Å². The Kier molecular flexibility index (Phi) is 5.59. The molecule has 0 amide bonds. The highest BCUT2D eigenvalue weighted by Gasteiger charge is 2.32. The minimum Gasteiger partial charge on any atom is -0.494 e. The number of aromatic nitrogens is 3. The second-order valence-electron chi connectivity index (χ2n) is 7.95. The highest BCUT2D eigenvalue weighted by Crippen LogP contribution is 2.34. The molecule has 0 atom stereocenters. The molecule has 0 aliphatic carbocycles. The molecule has 0 spiro atoms. The lowest BCUT2D eigenvalue weighted by atomic mass is 10.1. The smallest absolute Gasteiger partial charge is 0.243 e. The van der Waals surface area contributed by atoms with E-state index in [0.717, 1.165) is 28.6 Å². The first-order valence-corrected chi connectivity index (χ1v) is 12.1. The van der Waals surface area contributed by atoms with E-state index in [-0.39, 0.29) is 16.7 Å². The maximum atomic E-state index is 14.1. The van der Waals surface area contributed by atoms with E-state index in [1.165, 1.54) is 23.5 Å². The lowest BCUT2D eigenvalue weighted by molar-refractivity contribution is 0.278. The lowest BCUT2D eigenvalue weighted by Crippen LogP contribution is -2.39. The monoisotopic (exact) mass is 466 g/mol. The Morgan fingerprint density at radius 3 is 2.48 bits per heavy atom. The Hall–Kier alpha value is -3.30. The van der Waals surface area contributed by atoms with Gasteiger partial charge in [0, 0.05) is 30.9 Å². The van der Waals surface area contributed by atoms with E-state index in [9.17, 15) is 12.8 Å². The number of benzene rings is 2. The summed E-state index contributed by atoms with van der Waals surface area (Å²) in [5.74, 6) is 0.139. The highest BCUT2D eigenvalue weighted by atomic mass is 32.2. The molecule has 170 valence electrons. The zero-order chi connectivity index (χ0) is 23.0. The van der Waals surface area contributed by atoms with Crippen molar-refractivity contribution in [2.75, 3.05) is 20.2 Å². The molecule has 4 aromatic rings. The molecule has 0 N–H and O–H groups in total. The van der Waals surface area contributed by atoms with Gasteiger partial charge in [0.25, 0.3) is 0 Å². The van der Waals surface area contributed by atoms with Gasteiger partial charge in [-0.05, 0) is 43.2 Å². The summed E-state index contributed by atoms with van der Waals surface area (Å²) >= 11 is 0. The molecule has 1 fully saturated rings. The van der Waals surface area contributed by atoms with Crippen molar-refractivity contribution in [3.05, 3.63) is 72.7 Å². The Morgan fingerprint density at radius 2 is 1.79 bits per heavy atom. The van der Waals surface area contributed by atoms with E-state index in [1.807, 2.05) is 42.5 Å². The number of rotatable bonds is 5. The van der Waals surface area contributed by atoms with Crippen LogP contribution in [0, 0.1) is 5.82 Å². The summed E-state index contributed by atoms with van der Waals surface area (Å²) in [4.78, 5) is 9.30. The predicted molar refractivity (Wildman–Crippen MR) is 123 cm³/mol. The zero-order valence-electron chi connectivity index (χ0n) is 18.1. The molecule has 2 aromatic heterocycles. The predicted octanol–water partition coefficient (Wildman–Crippen LogP) is 4.27. The third kappa shape index (κ3) is 3.87. The van der Waals surface area contributed by atoms with E-state index < -0.39 is 15.8 Å². The molecule has 0 unspecified atom stereocenters. The second-order valence-corrected chi connectivity index (χ2v) is 9.89. The number of pyridine rings is 1. The van der Waals surface area contributed by atoms with Crippen LogP contribution in [-0.2, 0) is 10.0 Å². The van der Waals surface area contributed by atoms with Crippen LogP contribution in [0.1, 0.15) is 18.9 Å². The summed E-state index contributed by atoms with van der Waals surface area (Å²) in [7, 11) is -2.47. The van der Waals surface area contributed by atoms with Crippen molar-refractivity contribution in [1.82, 2.24) is 18.8 Å². The van der Waals surface area contributed by atoms with E-state index in [1.54, 1.807) is 6.20 Å². The Balaban J connectivity index is 1.43. The van der Waals surface area contributed by atoms with Gasteiger partial charge in [-0.2, -0.15) is 4.31 Å². The largest absolute Gasteiger partial charge is 0.494 e. The van der Waals surface area contributed by atoms with Gasteiger partial charge in [-0.15, -0.1) is 0 Å². The lowest BCUT2D eigenvalue weighted by Gasteiger charge is -2.32. The molecular formula is C24H23FN4O3S. The maximum Gasteiger partial charge on any atom is 0.243 e. The van der Waals surface area contributed by atoms with Crippen molar-refractivity contribution in [3.8, 4) is 17.1 Å². The van der Waals surface area contributed by atoms with Crippen LogP contribution >= 0.6 is 0 Å². The summed E-state index contributed by atoms with van der Waals surface area (Å²) in [5.41, 5.74) is 2.58. The fraction of sp³-hybridized carbons (Fsp3) is 0.250.